The molecule has 5 N–H and O–H groups in total. The number of esters is 1. The van der Waals surface area contributed by atoms with E-state index in [0.29, 0.717) is 12.8 Å². The zero-order valence-electron chi connectivity index (χ0n) is 23.3. The van der Waals surface area contributed by atoms with Crippen molar-refractivity contribution >= 4 is 27.6 Å². The van der Waals surface area contributed by atoms with Crippen LogP contribution >= 0.6 is 0 Å². The number of aliphatic hydroxyl groups excluding tert-OH is 3. The largest absolute Gasteiger partial charge is 0.427 e. The highest BCUT2D eigenvalue weighted by Crippen LogP contribution is 2.24. The van der Waals surface area contributed by atoms with E-state index in [2.05, 4.69) is 10.0 Å². The predicted molar refractivity (Wildman–Crippen MR) is 149 cm³/mol. The number of non-ortho nitro benzene ring substituents is 1. The first-order valence-electron chi connectivity index (χ1n) is 13.5. The van der Waals surface area contributed by atoms with Crippen molar-refractivity contribution in [2.75, 3.05) is 19.8 Å². The molecule has 1 aliphatic rings. The molecule has 0 radical (unpaired) electrons. The summed E-state index contributed by atoms with van der Waals surface area (Å²) in [5.41, 5.74) is 0.711. The Bertz CT molecular complexity index is 1340. The quantitative estimate of drug-likeness (QED) is 0.0592. The number of rotatable bonds is 15. The fourth-order valence-corrected chi connectivity index (χ4v) is 5.38. The highest BCUT2D eigenvalue weighted by atomic mass is 32.2. The maximum absolute atomic E-state index is 12.9. The molecule has 1 aliphatic heterocycles. The van der Waals surface area contributed by atoms with Gasteiger partial charge in [-0.05, 0) is 44.0 Å². The summed E-state index contributed by atoms with van der Waals surface area (Å²) in [4.78, 5) is 34.2. The summed E-state index contributed by atoms with van der Waals surface area (Å²) in [5.74, 6) is -0.707. The van der Waals surface area contributed by atoms with E-state index in [9.17, 15) is 43.4 Å². The Labute approximate surface area is 248 Å². The van der Waals surface area contributed by atoms with E-state index in [0.717, 1.165) is 5.56 Å². The number of nitro groups is 1. The van der Waals surface area contributed by atoms with Gasteiger partial charge in [0.2, 0.25) is 15.9 Å². The number of ether oxygens (including phenoxy) is 3. The first-order chi connectivity index (χ1) is 20.4. The topological polar surface area (TPSA) is 224 Å². The van der Waals surface area contributed by atoms with E-state index >= 15 is 0 Å². The van der Waals surface area contributed by atoms with Gasteiger partial charge in [-0.25, -0.2) is 13.1 Å². The fourth-order valence-electron chi connectivity index (χ4n) is 4.14. The number of amides is 1. The minimum atomic E-state index is -4.15. The maximum atomic E-state index is 12.9. The van der Waals surface area contributed by atoms with Crippen LogP contribution in [0.3, 0.4) is 0 Å². The molecule has 1 amide bonds. The van der Waals surface area contributed by atoms with Crippen LogP contribution in [0.2, 0.25) is 0 Å². The lowest BCUT2D eigenvalue weighted by atomic mass is 9.98. The number of hydrogen-bond donors (Lipinski definition) is 5. The molecule has 16 heteroatoms. The molecule has 0 aliphatic carbocycles. The van der Waals surface area contributed by atoms with Gasteiger partial charge in [-0.1, -0.05) is 17.7 Å². The molecule has 5 atom stereocenters. The summed E-state index contributed by atoms with van der Waals surface area (Å²) >= 11 is 0. The Morgan fingerprint density at radius 1 is 1.02 bits per heavy atom. The van der Waals surface area contributed by atoms with Gasteiger partial charge in [-0.15, -0.1) is 0 Å². The minimum Gasteiger partial charge on any atom is -0.427 e. The number of nitrogens with zero attached hydrogens (tertiary/aromatic N) is 1. The zero-order valence-corrected chi connectivity index (χ0v) is 24.1. The molecule has 5 unspecified atom stereocenters. The van der Waals surface area contributed by atoms with Gasteiger partial charge >= 0.3 is 5.97 Å². The number of aryl methyl sites for hydroxylation is 1. The molecule has 15 nitrogen and oxygen atoms in total. The number of nitro benzene ring substituents is 1. The Hall–Kier alpha value is -3.51. The summed E-state index contributed by atoms with van der Waals surface area (Å²) in [5, 5.41) is 43.7. The number of unbranched alkanes of at least 4 members (excludes halogenated alkanes) is 1. The SMILES string of the molecule is Cc1ccc(S(=O)(=O)NC2C(OCCNC(=O)CCCCC(=O)Oc3ccc([N+](=O)[O-])cc3)OC(CO)C(O)C2O)cc1. The zero-order chi connectivity index (χ0) is 31.6. The second-order valence-corrected chi connectivity index (χ2v) is 11.5. The van der Waals surface area contributed by atoms with Crippen LogP contribution in [0.15, 0.2) is 53.4 Å². The molecular weight excluding hydrogens is 590 g/mol. The Balaban J connectivity index is 1.42. The third kappa shape index (κ3) is 10.0. The standard InChI is InChI=1S/C27H35N3O12S/c1-17-6-12-20(13-7-17)43(38,39)29-24-26(35)25(34)21(16-31)42-27(24)40-15-14-28-22(32)4-2-3-5-23(33)41-19-10-8-18(9-11-19)30(36)37/h6-13,21,24-27,29,31,34-35H,2-5,14-16H2,1H3,(H,28,32). The molecule has 236 valence electrons. The normalized spacial score (nSPS) is 22.1. The lowest BCUT2D eigenvalue weighted by molar-refractivity contribution is -0.384. The molecule has 1 heterocycles. The van der Waals surface area contributed by atoms with E-state index in [1.807, 2.05) is 0 Å². The van der Waals surface area contributed by atoms with Crippen LogP contribution in [0, 0.1) is 17.0 Å². The van der Waals surface area contributed by atoms with Gasteiger partial charge in [0.15, 0.2) is 6.29 Å². The van der Waals surface area contributed by atoms with Crippen molar-refractivity contribution in [3.63, 3.8) is 0 Å². The molecule has 1 fully saturated rings. The molecule has 0 aromatic heterocycles. The van der Waals surface area contributed by atoms with Crippen molar-refractivity contribution in [1.29, 1.82) is 0 Å². The highest BCUT2D eigenvalue weighted by molar-refractivity contribution is 7.89. The van der Waals surface area contributed by atoms with E-state index in [1.54, 1.807) is 19.1 Å². The van der Waals surface area contributed by atoms with Gasteiger partial charge < -0.3 is 34.8 Å². The highest BCUT2D eigenvalue weighted by Gasteiger charge is 2.46. The Morgan fingerprint density at radius 3 is 2.30 bits per heavy atom. The van der Waals surface area contributed by atoms with Crippen LogP contribution in [-0.4, -0.2) is 90.9 Å². The number of benzene rings is 2. The number of nitrogens with one attached hydrogen (secondary N) is 2. The molecule has 2 aromatic rings. The van der Waals surface area contributed by atoms with Crippen molar-refractivity contribution < 1.29 is 52.5 Å². The van der Waals surface area contributed by atoms with Crippen LogP contribution < -0.4 is 14.8 Å². The monoisotopic (exact) mass is 625 g/mol. The van der Waals surface area contributed by atoms with Crippen molar-refractivity contribution in [2.24, 2.45) is 0 Å². The first-order valence-corrected chi connectivity index (χ1v) is 14.9. The fraction of sp³-hybridized carbons (Fsp3) is 0.481. The molecule has 3 rings (SSSR count). The third-order valence-corrected chi connectivity index (χ3v) is 8.00. The van der Waals surface area contributed by atoms with E-state index < -0.39 is 58.2 Å². The first kappa shape index (κ1) is 34.0. The number of sulfonamides is 1. The Morgan fingerprint density at radius 2 is 1.67 bits per heavy atom. The lowest BCUT2D eigenvalue weighted by Crippen LogP contribution is -2.64. The predicted octanol–water partition coefficient (Wildman–Crippen LogP) is 0.288. The summed E-state index contributed by atoms with van der Waals surface area (Å²) < 4.78 is 44.3. The summed E-state index contributed by atoms with van der Waals surface area (Å²) in [7, 11) is -4.15. The molecule has 43 heavy (non-hydrogen) atoms. The van der Waals surface area contributed by atoms with Gasteiger partial charge in [0.1, 0.15) is 30.1 Å². The number of aliphatic hydroxyl groups is 3. The number of hydrogen-bond acceptors (Lipinski definition) is 12. The minimum absolute atomic E-state index is 0.000746. The number of carbonyl (C=O) groups excluding carboxylic acids is 2. The molecule has 2 aromatic carbocycles. The second kappa shape index (κ2) is 15.8. The van der Waals surface area contributed by atoms with Crippen LogP contribution in [0.4, 0.5) is 5.69 Å². The Kier molecular flexibility index (Phi) is 12.5. The maximum Gasteiger partial charge on any atom is 0.311 e. The molecule has 1 saturated heterocycles. The molecule has 0 spiro atoms. The van der Waals surface area contributed by atoms with Crippen molar-refractivity contribution in [2.45, 2.75) is 68.1 Å². The van der Waals surface area contributed by atoms with Crippen LogP contribution in [0.1, 0.15) is 31.2 Å². The third-order valence-electron chi connectivity index (χ3n) is 6.52. The van der Waals surface area contributed by atoms with Crippen LogP contribution in [-0.2, 0) is 29.1 Å². The van der Waals surface area contributed by atoms with Gasteiger partial charge in [0, 0.05) is 31.5 Å². The van der Waals surface area contributed by atoms with E-state index in [1.165, 1.54) is 36.4 Å². The van der Waals surface area contributed by atoms with Crippen molar-refractivity contribution in [1.82, 2.24) is 10.0 Å². The summed E-state index contributed by atoms with van der Waals surface area (Å²) in [6.45, 7) is 0.982. The average Bonchev–Trinajstić information content (AvgIpc) is 2.97. The van der Waals surface area contributed by atoms with E-state index in [4.69, 9.17) is 14.2 Å². The second-order valence-electron chi connectivity index (χ2n) is 9.82. The number of carbonyl (C=O) groups is 2. The van der Waals surface area contributed by atoms with Gasteiger partial charge in [-0.2, -0.15) is 0 Å². The van der Waals surface area contributed by atoms with Crippen LogP contribution in [0.25, 0.3) is 0 Å². The van der Waals surface area contributed by atoms with Crippen molar-refractivity contribution in [3.05, 3.63) is 64.2 Å². The van der Waals surface area contributed by atoms with E-state index in [-0.39, 0.29) is 48.2 Å². The summed E-state index contributed by atoms with van der Waals surface area (Å²) in [6.07, 6.45) is -5.03. The molecular formula is C27H35N3O12S. The lowest BCUT2D eigenvalue weighted by Gasteiger charge is -2.42. The molecule has 0 saturated carbocycles. The van der Waals surface area contributed by atoms with Crippen LogP contribution in [0.5, 0.6) is 5.75 Å². The van der Waals surface area contributed by atoms with Gasteiger partial charge in [-0.3, -0.25) is 19.7 Å². The average molecular weight is 626 g/mol. The summed E-state index contributed by atoms with van der Waals surface area (Å²) in [6, 6.07) is 9.62. The van der Waals surface area contributed by atoms with Gasteiger partial charge in [0.05, 0.1) is 23.0 Å². The van der Waals surface area contributed by atoms with Gasteiger partial charge in [0.25, 0.3) is 5.69 Å². The molecule has 0 bridgehead atoms. The smallest absolute Gasteiger partial charge is 0.311 e. The van der Waals surface area contributed by atoms with Crippen molar-refractivity contribution in [3.8, 4) is 5.75 Å².